The molecule has 0 radical (unpaired) electrons. The van der Waals surface area contributed by atoms with Gasteiger partial charge in [0.25, 0.3) is 0 Å². The van der Waals surface area contributed by atoms with E-state index in [1.165, 1.54) is 0 Å². The van der Waals surface area contributed by atoms with E-state index in [2.05, 4.69) is 29.4 Å². The van der Waals surface area contributed by atoms with Crippen LogP contribution in [-0.2, 0) is 11.3 Å². The van der Waals surface area contributed by atoms with Gasteiger partial charge in [0.1, 0.15) is 12.2 Å². The summed E-state index contributed by atoms with van der Waals surface area (Å²) in [5.74, 6) is 1.29. The Morgan fingerprint density at radius 2 is 2.11 bits per heavy atom. The predicted octanol–water partition coefficient (Wildman–Crippen LogP) is 0.501. The average Bonchev–Trinajstić information content (AvgIpc) is 2.76. The second kappa shape index (κ2) is 6.49. The SMILES string of the molecule is CC(C)c1nncn1CCNC(=O)[C@@H](N)C(C)C. The molecule has 0 aliphatic carbocycles. The highest BCUT2D eigenvalue weighted by Gasteiger charge is 2.16. The third-order valence-electron chi connectivity index (χ3n) is 2.83. The molecule has 1 amide bonds. The normalized spacial score (nSPS) is 13.1. The molecular weight excluding hydrogens is 230 g/mol. The molecule has 1 atom stereocenters. The lowest BCUT2D eigenvalue weighted by molar-refractivity contribution is -0.123. The largest absolute Gasteiger partial charge is 0.353 e. The van der Waals surface area contributed by atoms with Crippen LogP contribution in [0.25, 0.3) is 0 Å². The molecule has 0 aliphatic rings. The maximum absolute atomic E-state index is 11.7. The second-order valence-corrected chi connectivity index (χ2v) is 5.10. The zero-order valence-electron chi connectivity index (χ0n) is 11.6. The summed E-state index contributed by atoms with van der Waals surface area (Å²) in [6.45, 7) is 9.19. The van der Waals surface area contributed by atoms with Gasteiger partial charge in [-0.2, -0.15) is 0 Å². The number of carbonyl (C=O) groups is 1. The average molecular weight is 253 g/mol. The fourth-order valence-electron chi connectivity index (χ4n) is 1.60. The van der Waals surface area contributed by atoms with Crippen molar-refractivity contribution in [3.63, 3.8) is 0 Å². The maximum atomic E-state index is 11.7. The Morgan fingerprint density at radius 1 is 1.44 bits per heavy atom. The Labute approximate surface area is 108 Å². The Balaban J connectivity index is 2.42. The fraction of sp³-hybridized carbons (Fsp3) is 0.750. The molecule has 0 saturated carbocycles. The van der Waals surface area contributed by atoms with Gasteiger partial charge in [-0.1, -0.05) is 27.7 Å². The quantitative estimate of drug-likeness (QED) is 0.773. The first-order valence-corrected chi connectivity index (χ1v) is 6.34. The summed E-state index contributed by atoms with van der Waals surface area (Å²) in [5, 5.41) is 10.8. The van der Waals surface area contributed by atoms with Gasteiger partial charge in [0.2, 0.25) is 5.91 Å². The number of amides is 1. The number of hydrogen-bond donors (Lipinski definition) is 2. The number of rotatable bonds is 6. The minimum atomic E-state index is -0.449. The molecular formula is C12H23N5O. The monoisotopic (exact) mass is 253 g/mol. The second-order valence-electron chi connectivity index (χ2n) is 5.10. The van der Waals surface area contributed by atoms with Crippen molar-refractivity contribution in [2.24, 2.45) is 11.7 Å². The van der Waals surface area contributed by atoms with Gasteiger partial charge in [-0.05, 0) is 5.92 Å². The van der Waals surface area contributed by atoms with Crippen molar-refractivity contribution in [1.29, 1.82) is 0 Å². The lowest BCUT2D eigenvalue weighted by Gasteiger charge is -2.16. The zero-order chi connectivity index (χ0) is 13.7. The number of nitrogens with two attached hydrogens (primary N) is 1. The van der Waals surface area contributed by atoms with E-state index in [1.807, 2.05) is 18.4 Å². The van der Waals surface area contributed by atoms with Crippen molar-refractivity contribution in [2.75, 3.05) is 6.54 Å². The van der Waals surface area contributed by atoms with E-state index >= 15 is 0 Å². The highest BCUT2D eigenvalue weighted by Crippen LogP contribution is 2.09. The van der Waals surface area contributed by atoms with E-state index in [0.717, 1.165) is 5.82 Å². The molecule has 1 rings (SSSR count). The molecule has 0 spiro atoms. The molecule has 3 N–H and O–H groups in total. The Hall–Kier alpha value is -1.43. The molecule has 0 saturated heterocycles. The first-order valence-electron chi connectivity index (χ1n) is 6.34. The first kappa shape index (κ1) is 14.6. The summed E-state index contributed by atoms with van der Waals surface area (Å²) in [7, 11) is 0. The molecule has 102 valence electrons. The van der Waals surface area contributed by atoms with E-state index in [9.17, 15) is 4.79 Å². The van der Waals surface area contributed by atoms with Crippen molar-refractivity contribution in [1.82, 2.24) is 20.1 Å². The molecule has 0 unspecified atom stereocenters. The van der Waals surface area contributed by atoms with E-state index < -0.39 is 6.04 Å². The van der Waals surface area contributed by atoms with Gasteiger partial charge in [0.05, 0.1) is 6.04 Å². The van der Waals surface area contributed by atoms with Crippen molar-refractivity contribution >= 4 is 5.91 Å². The van der Waals surface area contributed by atoms with E-state index in [0.29, 0.717) is 19.0 Å². The molecule has 18 heavy (non-hydrogen) atoms. The molecule has 1 aromatic rings. The Bertz CT molecular complexity index is 386. The smallest absolute Gasteiger partial charge is 0.237 e. The highest BCUT2D eigenvalue weighted by molar-refractivity contribution is 5.81. The van der Waals surface area contributed by atoms with Crippen LogP contribution in [0.15, 0.2) is 6.33 Å². The van der Waals surface area contributed by atoms with Gasteiger partial charge in [0, 0.05) is 19.0 Å². The maximum Gasteiger partial charge on any atom is 0.237 e. The van der Waals surface area contributed by atoms with Gasteiger partial charge in [-0.3, -0.25) is 4.79 Å². The third kappa shape index (κ3) is 3.80. The molecule has 6 heteroatoms. The summed E-state index contributed by atoms with van der Waals surface area (Å²) in [6, 6.07) is -0.449. The van der Waals surface area contributed by atoms with Crippen LogP contribution in [0, 0.1) is 5.92 Å². The lowest BCUT2D eigenvalue weighted by Crippen LogP contribution is -2.44. The molecule has 0 aromatic carbocycles. The minimum absolute atomic E-state index is 0.107. The summed E-state index contributed by atoms with van der Waals surface area (Å²) < 4.78 is 1.95. The predicted molar refractivity (Wildman–Crippen MR) is 69.9 cm³/mol. The van der Waals surface area contributed by atoms with E-state index in [1.54, 1.807) is 6.33 Å². The van der Waals surface area contributed by atoms with Gasteiger partial charge in [-0.25, -0.2) is 0 Å². The molecule has 1 aromatic heterocycles. The Kier molecular flexibility index (Phi) is 5.27. The standard InChI is InChI=1S/C12H23N5O/c1-8(2)10(13)12(18)14-5-6-17-7-15-16-11(17)9(3)4/h7-10H,5-6,13H2,1-4H3,(H,14,18)/t10-/m0/s1. The first-order chi connectivity index (χ1) is 8.43. The summed E-state index contributed by atoms with van der Waals surface area (Å²) >= 11 is 0. The number of carbonyl (C=O) groups excluding carboxylic acids is 1. The highest BCUT2D eigenvalue weighted by atomic mass is 16.2. The van der Waals surface area contributed by atoms with Crippen molar-refractivity contribution < 1.29 is 4.79 Å². The molecule has 1 heterocycles. The Morgan fingerprint density at radius 3 is 2.67 bits per heavy atom. The van der Waals surface area contributed by atoms with Gasteiger partial charge >= 0.3 is 0 Å². The number of nitrogens with one attached hydrogen (secondary N) is 1. The molecule has 0 aliphatic heterocycles. The van der Waals surface area contributed by atoms with Crippen molar-refractivity contribution in [3.05, 3.63) is 12.2 Å². The zero-order valence-corrected chi connectivity index (χ0v) is 11.6. The molecule has 0 fully saturated rings. The van der Waals surface area contributed by atoms with Crippen molar-refractivity contribution in [2.45, 2.75) is 46.2 Å². The van der Waals surface area contributed by atoms with E-state index in [4.69, 9.17) is 5.73 Å². The van der Waals surface area contributed by atoms with Gasteiger partial charge in [0.15, 0.2) is 0 Å². The van der Waals surface area contributed by atoms with Crippen LogP contribution in [0.2, 0.25) is 0 Å². The topological polar surface area (TPSA) is 85.8 Å². The van der Waals surface area contributed by atoms with Gasteiger partial charge < -0.3 is 15.6 Å². The van der Waals surface area contributed by atoms with Crippen LogP contribution in [0.3, 0.4) is 0 Å². The third-order valence-corrected chi connectivity index (χ3v) is 2.83. The van der Waals surface area contributed by atoms with E-state index in [-0.39, 0.29) is 11.8 Å². The van der Waals surface area contributed by atoms with Crippen LogP contribution in [0.1, 0.15) is 39.4 Å². The summed E-state index contributed by atoms with van der Waals surface area (Å²) in [4.78, 5) is 11.7. The van der Waals surface area contributed by atoms with Crippen LogP contribution in [-0.4, -0.2) is 33.3 Å². The van der Waals surface area contributed by atoms with Gasteiger partial charge in [-0.15, -0.1) is 10.2 Å². The number of aromatic nitrogens is 3. The number of hydrogen-bond acceptors (Lipinski definition) is 4. The van der Waals surface area contributed by atoms with Crippen LogP contribution in [0.4, 0.5) is 0 Å². The lowest BCUT2D eigenvalue weighted by atomic mass is 10.1. The fourth-order valence-corrected chi connectivity index (χ4v) is 1.60. The van der Waals surface area contributed by atoms with Crippen LogP contribution in [0.5, 0.6) is 0 Å². The molecule has 6 nitrogen and oxygen atoms in total. The number of nitrogens with zero attached hydrogens (tertiary/aromatic N) is 3. The van der Waals surface area contributed by atoms with Crippen molar-refractivity contribution in [3.8, 4) is 0 Å². The molecule has 0 bridgehead atoms. The minimum Gasteiger partial charge on any atom is -0.353 e. The van der Waals surface area contributed by atoms with Crippen LogP contribution >= 0.6 is 0 Å². The van der Waals surface area contributed by atoms with Crippen LogP contribution < -0.4 is 11.1 Å². The summed E-state index contributed by atoms with van der Waals surface area (Å²) in [5.41, 5.74) is 5.75. The summed E-state index contributed by atoms with van der Waals surface area (Å²) in [6.07, 6.45) is 1.68.